The lowest BCUT2D eigenvalue weighted by atomic mass is 10.1. The Morgan fingerprint density at radius 1 is 1.47 bits per heavy atom. The van der Waals surface area contributed by atoms with Crippen LogP contribution >= 0.6 is 15.9 Å². The molecule has 0 fully saturated rings. The molecule has 0 radical (unpaired) electrons. The number of nitrogens with zero attached hydrogens (tertiary/aromatic N) is 1. The molecule has 1 heterocycles. The molecule has 1 aromatic carbocycles. The topological polar surface area (TPSA) is 38.8 Å². The summed E-state index contributed by atoms with van der Waals surface area (Å²) in [4.78, 5) is 13.6. The number of fused-ring (bicyclic) bond motifs is 1. The van der Waals surface area contributed by atoms with E-state index in [4.69, 9.17) is 9.47 Å². The van der Waals surface area contributed by atoms with Gasteiger partial charge in [-0.15, -0.1) is 0 Å². The molecule has 0 aromatic heterocycles. The normalized spacial score (nSPS) is 15.6. The van der Waals surface area contributed by atoms with Gasteiger partial charge >= 0.3 is 0 Å². The van der Waals surface area contributed by atoms with Crippen LogP contribution in [0.15, 0.2) is 22.7 Å². The molecular formula is C12H14BrNO3. The minimum absolute atomic E-state index is 0.0249. The van der Waals surface area contributed by atoms with E-state index >= 15 is 0 Å². The van der Waals surface area contributed by atoms with E-state index in [0.29, 0.717) is 19.8 Å². The third-order valence-electron chi connectivity index (χ3n) is 2.64. The number of amides is 1. The van der Waals surface area contributed by atoms with Crippen molar-refractivity contribution >= 4 is 27.5 Å². The number of halogens is 1. The van der Waals surface area contributed by atoms with Gasteiger partial charge in [-0.2, -0.15) is 0 Å². The second-order valence-corrected chi connectivity index (χ2v) is 4.72. The van der Waals surface area contributed by atoms with Crippen molar-refractivity contribution in [1.82, 2.24) is 0 Å². The highest BCUT2D eigenvalue weighted by Crippen LogP contribution is 2.27. The Morgan fingerprint density at radius 3 is 3.06 bits per heavy atom. The van der Waals surface area contributed by atoms with E-state index in [0.717, 1.165) is 15.7 Å². The predicted molar refractivity (Wildman–Crippen MR) is 68.0 cm³/mol. The van der Waals surface area contributed by atoms with E-state index in [1.165, 1.54) is 0 Å². The summed E-state index contributed by atoms with van der Waals surface area (Å²) in [7, 11) is 1.63. The molecule has 1 amide bonds. The summed E-state index contributed by atoms with van der Waals surface area (Å²) in [6.07, 6.45) is 0. The Balaban J connectivity index is 2.33. The van der Waals surface area contributed by atoms with E-state index in [2.05, 4.69) is 15.9 Å². The zero-order valence-corrected chi connectivity index (χ0v) is 11.2. The van der Waals surface area contributed by atoms with Gasteiger partial charge in [-0.25, -0.2) is 0 Å². The Hall–Kier alpha value is -0.910. The number of hydrogen-bond acceptors (Lipinski definition) is 3. The molecule has 0 bridgehead atoms. The number of carbonyl (C=O) groups is 1. The lowest BCUT2D eigenvalue weighted by molar-refractivity contribution is -0.123. The molecule has 17 heavy (non-hydrogen) atoms. The van der Waals surface area contributed by atoms with Crippen LogP contribution in [0.5, 0.6) is 0 Å². The highest BCUT2D eigenvalue weighted by molar-refractivity contribution is 9.10. The van der Waals surface area contributed by atoms with Gasteiger partial charge in [-0.1, -0.05) is 15.9 Å². The third kappa shape index (κ3) is 2.86. The number of ether oxygens (including phenoxy) is 2. The van der Waals surface area contributed by atoms with Crippen molar-refractivity contribution in [2.75, 3.05) is 31.8 Å². The maximum atomic E-state index is 11.9. The van der Waals surface area contributed by atoms with Crippen LogP contribution in [0.1, 0.15) is 5.56 Å². The minimum Gasteiger partial charge on any atom is -0.383 e. The van der Waals surface area contributed by atoms with Gasteiger partial charge in [0.15, 0.2) is 0 Å². The number of methoxy groups -OCH3 is 1. The number of hydrogen-bond donors (Lipinski definition) is 0. The highest BCUT2D eigenvalue weighted by atomic mass is 79.9. The standard InChI is InChI=1S/C12H14BrNO3/c1-16-5-4-14-11-3-2-10(13)6-9(11)7-17-8-12(14)15/h2-3,6H,4-5,7-8H2,1H3. The van der Waals surface area contributed by atoms with Crippen molar-refractivity contribution in [1.29, 1.82) is 0 Å². The monoisotopic (exact) mass is 299 g/mol. The van der Waals surface area contributed by atoms with Crippen LogP contribution in [0.3, 0.4) is 0 Å². The van der Waals surface area contributed by atoms with E-state index < -0.39 is 0 Å². The second kappa shape index (κ2) is 5.62. The van der Waals surface area contributed by atoms with Crippen LogP contribution in [0.25, 0.3) is 0 Å². The molecule has 0 atom stereocenters. The first kappa shape index (κ1) is 12.5. The molecule has 0 saturated heterocycles. The number of rotatable bonds is 3. The van der Waals surface area contributed by atoms with Crippen LogP contribution in [0.2, 0.25) is 0 Å². The molecule has 0 spiro atoms. The number of benzene rings is 1. The van der Waals surface area contributed by atoms with E-state index in [1.807, 2.05) is 18.2 Å². The minimum atomic E-state index is -0.0249. The quantitative estimate of drug-likeness (QED) is 0.856. The van der Waals surface area contributed by atoms with E-state index in [1.54, 1.807) is 12.0 Å². The number of anilines is 1. The molecule has 1 aliphatic rings. The molecule has 0 aliphatic carbocycles. The predicted octanol–water partition coefficient (Wildman–Crippen LogP) is 1.96. The van der Waals surface area contributed by atoms with Gasteiger partial charge in [0.05, 0.1) is 13.2 Å². The van der Waals surface area contributed by atoms with Crippen LogP contribution in [-0.4, -0.2) is 32.8 Å². The SMILES string of the molecule is COCCN1C(=O)COCc2cc(Br)ccc21. The van der Waals surface area contributed by atoms with Gasteiger partial charge in [0, 0.05) is 29.4 Å². The molecule has 1 aromatic rings. The van der Waals surface area contributed by atoms with Crippen molar-refractivity contribution < 1.29 is 14.3 Å². The maximum absolute atomic E-state index is 11.9. The Morgan fingerprint density at radius 2 is 2.29 bits per heavy atom. The van der Waals surface area contributed by atoms with E-state index in [9.17, 15) is 4.79 Å². The third-order valence-corrected chi connectivity index (χ3v) is 3.13. The molecule has 92 valence electrons. The lowest BCUT2D eigenvalue weighted by Crippen LogP contribution is -2.35. The summed E-state index contributed by atoms with van der Waals surface area (Å²) in [5, 5.41) is 0. The van der Waals surface area contributed by atoms with Crippen LogP contribution < -0.4 is 4.90 Å². The summed E-state index contributed by atoms with van der Waals surface area (Å²) < 4.78 is 11.4. The Labute approximate surface area is 109 Å². The summed E-state index contributed by atoms with van der Waals surface area (Å²) in [6, 6.07) is 5.84. The molecule has 0 unspecified atom stereocenters. The van der Waals surface area contributed by atoms with Gasteiger partial charge in [0.25, 0.3) is 5.91 Å². The average molecular weight is 300 g/mol. The zero-order valence-electron chi connectivity index (χ0n) is 9.61. The first-order valence-electron chi connectivity index (χ1n) is 5.38. The van der Waals surface area contributed by atoms with Crippen molar-refractivity contribution in [3.63, 3.8) is 0 Å². The fraction of sp³-hybridized carbons (Fsp3) is 0.417. The zero-order chi connectivity index (χ0) is 12.3. The first-order chi connectivity index (χ1) is 8.22. The smallest absolute Gasteiger partial charge is 0.253 e. The molecule has 1 aliphatic heterocycles. The van der Waals surface area contributed by atoms with Crippen LogP contribution in [0.4, 0.5) is 5.69 Å². The van der Waals surface area contributed by atoms with Gasteiger partial charge in [-0.3, -0.25) is 4.79 Å². The summed E-state index contributed by atoms with van der Waals surface area (Å²) in [5.41, 5.74) is 1.93. The molecule has 0 saturated carbocycles. The van der Waals surface area contributed by atoms with Gasteiger partial charge in [0.2, 0.25) is 0 Å². The largest absolute Gasteiger partial charge is 0.383 e. The molecule has 4 nitrogen and oxygen atoms in total. The lowest BCUT2D eigenvalue weighted by Gasteiger charge is -2.21. The Kier molecular flexibility index (Phi) is 4.15. The fourth-order valence-corrected chi connectivity index (χ4v) is 2.23. The fourth-order valence-electron chi connectivity index (χ4n) is 1.82. The van der Waals surface area contributed by atoms with Crippen molar-refractivity contribution in [3.8, 4) is 0 Å². The van der Waals surface area contributed by atoms with Crippen molar-refractivity contribution in [3.05, 3.63) is 28.2 Å². The highest BCUT2D eigenvalue weighted by Gasteiger charge is 2.22. The van der Waals surface area contributed by atoms with E-state index in [-0.39, 0.29) is 12.5 Å². The Bertz CT molecular complexity index is 422. The summed E-state index contributed by atoms with van der Waals surface area (Å²) in [6.45, 7) is 1.65. The van der Waals surface area contributed by atoms with Gasteiger partial charge in [0.1, 0.15) is 6.61 Å². The average Bonchev–Trinajstić information content (AvgIpc) is 2.45. The second-order valence-electron chi connectivity index (χ2n) is 3.80. The molecule has 2 rings (SSSR count). The van der Waals surface area contributed by atoms with Gasteiger partial charge < -0.3 is 14.4 Å². The molecule has 0 N–H and O–H groups in total. The first-order valence-corrected chi connectivity index (χ1v) is 6.17. The summed E-state index contributed by atoms with van der Waals surface area (Å²) >= 11 is 3.42. The van der Waals surface area contributed by atoms with Crippen molar-refractivity contribution in [2.24, 2.45) is 0 Å². The number of carbonyl (C=O) groups excluding carboxylic acids is 1. The van der Waals surface area contributed by atoms with Crippen LogP contribution in [-0.2, 0) is 20.9 Å². The van der Waals surface area contributed by atoms with Gasteiger partial charge in [-0.05, 0) is 18.2 Å². The summed E-state index contributed by atoms with van der Waals surface area (Å²) in [5.74, 6) is -0.0249. The maximum Gasteiger partial charge on any atom is 0.253 e. The molecule has 5 heteroatoms. The van der Waals surface area contributed by atoms with Crippen molar-refractivity contribution in [2.45, 2.75) is 6.61 Å². The van der Waals surface area contributed by atoms with Crippen LogP contribution in [0, 0.1) is 0 Å². The molecular weight excluding hydrogens is 286 g/mol.